The average Bonchev–Trinajstić information content (AvgIpc) is 2.26. The Labute approximate surface area is 101 Å². The summed E-state index contributed by atoms with van der Waals surface area (Å²) in [5, 5.41) is 10.2. The number of benzene rings is 1. The van der Waals surface area contributed by atoms with Gasteiger partial charge in [-0.05, 0) is 32.0 Å². The highest BCUT2D eigenvalue weighted by atomic mass is 35.5. The number of rotatable bonds is 5. The van der Waals surface area contributed by atoms with E-state index in [1.807, 2.05) is 6.92 Å². The molecule has 0 amide bonds. The van der Waals surface area contributed by atoms with Gasteiger partial charge in [0.2, 0.25) is 0 Å². The van der Waals surface area contributed by atoms with Crippen molar-refractivity contribution in [1.82, 2.24) is 0 Å². The Hall–Kier alpha value is -0.770. The fourth-order valence-electron chi connectivity index (χ4n) is 1.25. The van der Waals surface area contributed by atoms with Crippen molar-refractivity contribution in [2.75, 3.05) is 13.7 Å². The molecule has 0 aromatic heterocycles. The van der Waals surface area contributed by atoms with Crippen LogP contribution < -0.4 is 4.74 Å². The van der Waals surface area contributed by atoms with E-state index in [1.54, 1.807) is 32.2 Å². The predicted octanol–water partition coefficient (Wildman–Crippen LogP) is 2.81. The molecule has 3 nitrogen and oxygen atoms in total. The van der Waals surface area contributed by atoms with Crippen molar-refractivity contribution in [1.29, 1.82) is 0 Å². The van der Waals surface area contributed by atoms with Crippen molar-refractivity contribution in [3.8, 4) is 5.75 Å². The van der Waals surface area contributed by atoms with Gasteiger partial charge in [-0.15, -0.1) is 0 Å². The highest BCUT2D eigenvalue weighted by molar-refractivity contribution is 6.30. The van der Waals surface area contributed by atoms with E-state index in [2.05, 4.69) is 0 Å². The molecule has 2 atom stereocenters. The molecular weight excluding hydrogens is 228 g/mol. The minimum atomic E-state index is -0.605. The predicted molar refractivity (Wildman–Crippen MR) is 64.1 cm³/mol. The molecule has 0 aliphatic heterocycles. The van der Waals surface area contributed by atoms with Gasteiger partial charge in [0.05, 0.1) is 12.2 Å². The summed E-state index contributed by atoms with van der Waals surface area (Å²) in [5.74, 6) is 0.642. The maximum atomic E-state index is 9.58. The molecule has 0 bridgehead atoms. The molecule has 1 unspecified atom stereocenters. The highest BCUT2D eigenvalue weighted by Crippen LogP contribution is 2.28. The second-order valence-corrected chi connectivity index (χ2v) is 4.15. The Balaban J connectivity index is 2.78. The largest absolute Gasteiger partial charge is 0.491 e. The quantitative estimate of drug-likeness (QED) is 0.866. The van der Waals surface area contributed by atoms with E-state index in [4.69, 9.17) is 21.1 Å². The van der Waals surface area contributed by atoms with Crippen LogP contribution in [0.4, 0.5) is 0 Å². The van der Waals surface area contributed by atoms with Gasteiger partial charge in [-0.1, -0.05) is 11.6 Å². The fourth-order valence-corrected chi connectivity index (χ4v) is 1.43. The van der Waals surface area contributed by atoms with E-state index in [0.717, 1.165) is 0 Å². The Morgan fingerprint density at radius 2 is 2.06 bits per heavy atom. The number of aliphatic hydroxyl groups is 1. The Bertz CT molecular complexity index is 339. The van der Waals surface area contributed by atoms with E-state index in [0.29, 0.717) is 22.9 Å². The van der Waals surface area contributed by atoms with Crippen molar-refractivity contribution in [3.63, 3.8) is 0 Å². The summed E-state index contributed by atoms with van der Waals surface area (Å²) in [4.78, 5) is 0. The lowest BCUT2D eigenvalue weighted by Crippen LogP contribution is -2.16. The van der Waals surface area contributed by atoms with E-state index in [1.165, 1.54) is 0 Å². The summed E-state index contributed by atoms with van der Waals surface area (Å²) in [6.45, 7) is 4.04. The number of aliphatic hydroxyl groups excluding tert-OH is 1. The van der Waals surface area contributed by atoms with Crippen LogP contribution in [0.15, 0.2) is 18.2 Å². The summed E-state index contributed by atoms with van der Waals surface area (Å²) < 4.78 is 10.6. The lowest BCUT2D eigenvalue weighted by atomic mass is 10.1. The smallest absolute Gasteiger partial charge is 0.125 e. The van der Waals surface area contributed by atoms with Crippen LogP contribution in [0, 0.1) is 0 Å². The lowest BCUT2D eigenvalue weighted by Gasteiger charge is -2.16. The Kier molecular flexibility index (Phi) is 5.06. The summed E-state index contributed by atoms with van der Waals surface area (Å²) in [5.41, 5.74) is 0.691. The van der Waals surface area contributed by atoms with Crippen LogP contribution in [-0.4, -0.2) is 24.9 Å². The SMILES string of the molecule is COC(C)COc1ccc(Cl)cc1[C@H](C)O. The molecule has 0 radical (unpaired) electrons. The molecule has 0 spiro atoms. The first kappa shape index (κ1) is 13.3. The molecule has 1 N–H and O–H groups in total. The maximum Gasteiger partial charge on any atom is 0.125 e. The van der Waals surface area contributed by atoms with Crippen LogP contribution in [-0.2, 0) is 4.74 Å². The van der Waals surface area contributed by atoms with Crippen LogP contribution >= 0.6 is 11.6 Å². The van der Waals surface area contributed by atoms with Gasteiger partial charge in [-0.2, -0.15) is 0 Å². The molecule has 16 heavy (non-hydrogen) atoms. The second kappa shape index (κ2) is 6.09. The average molecular weight is 245 g/mol. The standard InChI is InChI=1S/C12H17ClO3/c1-8(15-3)7-16-12-5-4-10(13)6-11(12)9(2)14/h4-6,8-9,14H,7H2,1-3H3/t8?,9-/m0/s1. The molecule has 4 heteroatoms. The monoisotopic (exact) mass is 244 g/mol. The first-order valence-electron chi connectivity index (χ1n) is 5.17. The van der Waals surface area contributed by atoms with E-state index in [-0.39, 0.29) is 6.10 Å². The van der Waals surface area contributed by atoms with Crippen molar-refractivity contribution in [3.05, 3.63) is 28.8 Å². The number of halogens is 1. The van der Waals surface area contributed by atoms with Crippen LogP contribution in [0.5, 0.6) is 5.75 Å². The van der Waals surface area contributed by atoms with Crippen LogP contribution in [0.2, 0.25) is 5.02 Å². The minimum Gasteiger partial charge on any atom is -0.491 e. The first-order valence-corrected chi connectivity index (χ1v) is 5.55. The van der Waals surface area contributed by atoms with Crippen molar-refractivity contribution in [2.45, 2.75) is 26.1 Å². The summed E-state index contributed by atoms with van der Waals surface area (Å²) >= 11 is 5.86. The van der Waals surface area contributed by atoms with E-state index in [9.17, 15) is 5.11 Å². The molecule has 90 valence electrons. The topological polar surface area (TPSA) is 38.7 Å². The third-order valence-electron chi connectivity index (χ3n) is 2.30. The van der Waals surface area contributed by atoms with E-state index >= 15 is 0 Å². The van der Waals surface area contributed by atoms with Crippen molar-refractivity contribution in [2.24, 2.45) is 0 Å². The Morgan fingerprint density at radius 3 is 2.62 bits per heavy atom. The number of ether oxygens (including phenoxy) is 2. The fraction of sp³-hybridized carbons (Fsp3) is 0.500. The normalized spacial score (nSPS) is 14.6. The Morgan fingerprint density at radius 1 is 1.38 bits per heavy atom. The van der Waals surface area contributed by atoms with Gasteiger partial charge < -0.3 is 14.6 Å². The number of methoxy groups -OCH3 is 1. The molecular formula is C12H17ClO3. The van der Waals surface area contributed by atoms with Gasteiger partial charge in [0.15, 0.2) is 0 Å². The zero-order valence-corrected chi connectivity index (χ0v) is 10.5. The van der Waals surface area contributed by atoms with Crippen LogP contribution in [0.1, 0.15) is 25.5 Å². The van der Waals surface area contributed by atoms with Gasteiger partial charge in [-0.25, -0.2) is 0 Å². The maximum absolute atomic E-state index is 9.58. The summed E-state index contributed by atoms with van der Waals surface area (Å²) in [6, 6.07) is 5.20. The third kappa shape index (κ3) is 3.67. The second-order valence-electron chi connectivity index (χ2n) is 3.72. The van der Waals surface area contributed by atoms with Crippen LogP contribution in [0.3, 0.4) is 0 Å². The van der Waals surface area contributed by atoms with Gasteiger partial charge >= 0.3 is 0 Å². The van der Waals surface area contributed by atoms with Crippen LogP contribution in [0.25, 0.3) is 0 Å². The number of hydrogen-bond donors (Lipinski definition) is 1. The van der Waals surface area contributed by atoms with Gasteiger partial charge in [-0.3, -0.25) is 0 Å². The third-order valence-corrected chi connectivity index (χ3v) is 2.53. The molecule has 0 fully saturated rings. The molecule has 0 saturated carbocycles. The molecule has 0 saturated heterocycles. The summed E-state index contributed by atoms with van der Waals surface area (Å²) in [6.07, 6.45) is -0.593. The molecule has 0 aliphatic rings. The molecule has 1 aromatic rings. The molecule has 0 heterocycles. The highest BCUT2D eigenvalue weighted by Gasteiger charge is 2.11. The first-order chi connectivity index (χ1) is 7.54. The molecule has 0 aliphatic carbocycles. The van der Waals surface area contributed by atoms with Crippen molar-refractivity contribution < 1.29 is 14.6 Å². The lowest BCUT2D eigenvalue weighted by molar-refractivity contribution is 0.0700. The summed E-state index contributed by atoms with van der Waals surface area (Å²) in [7, 11) is 1.63. The zero-order chi connectivity index (χ0) is 12.1. The van der Waals surface area contributed by atoms with Gasteiger partial charge in [0, 0.05) is 17.7 Å². The molecule has 1 rings (SSSR count). The molecule has 1 aromatic carbocycles. The zero-order valence-electron chi connectivity index (χ0n) is 9.74. The van der Waals surface area contributed by atoms with Crippen molar-refractivity contribution >= 4 is 11.6 Å². The van der Waals surface area contributed by atoms with Gasteiger partial charge in [0.1, 0.15) is 12.4 Å². The number of hydrogen-bond acceptors (Lipinski definition) is 3. The minimum absolute atomic E-state index is 0.0116. The van der Waals surface area contributed by atoms with Gasteiger partial charge in [0.25, 0.3) is 0 Å². The van der Waals surface area contributed by atoms with E-state index < -0.39 is 6.10 Å².